The molecule has 0 radical (unpaired) electrons. The first-order valence-corrected chi connectivity index (χ1v) is 12.9. The van der Waals surface area contributed by atoms with Crippen LogP contribution in [0.3, 0.4) is 0 Å². The van der Waals surface area contributed by atoms with Crippen molar-refractivity contribution in [3.8, 4) is 0 Å². The molecule has 206 valence electrons. The Morgan fingerprint density at radius 3 is 2.58 bits per heavy atom. The van der Waals surface area contributed by atoms with E-state index in [1.165, 1.54) is 10.6 Å². The lowest BCUT2D eigenvalue weighted by atomic mass is 9.96. The highest BCUT2D eigenvalue weighted by molar-refractivity contribution is 5.85. The number of anilines is 1. The van der Waals surface area contributed by atoms with Crippen LogP contribution in [0.5, 0.6) is 0 Å². The minimum atomic E-state index is -4.66. The Labute approximate surface area is 217 Å². The Kier molecular flexibility index (Phi) is 6.97. The number of nitrogens with zero attached hydrogens (tertiary/aromatic N) is 6. The van der Waals surface area contributed by atoms with Crippen molar-refractivity contribution in [2.45, 2.75) is 70.6 Å². The number of halogens is 4. The second-order valence-electron chi connectivity index (χ2n) is 10.4. The van der Waals surface area contributed by atoms with Crippen molar-refractivity contribution in [3.63, 3.8) is 0 Å². The predicted molar refractivity (Wildman–Crippen MR) is 134 cm³/mol. The molecule has 2 fully saturated rings. The van der Waals surface area contributed by atoms with Crippen LogP contribution in [0, 0.1) is 5.82 Å². The molecule has 2 aliphatic heterocycles. The fourth-order valence-corrected chi connectivity index (χ4v) is 5.69. The van der Waals surface area contributed by atoms with Crippen LogP contribution in [0.2, 0.25) is 0 Å². The first kappa shape index (κ1) is 26.6. The highest BCUT2D eigenvalue weighted by atomic mass is 19.4. The van der Waals surface area contributed by atoms with Gasteiger partial charge in [-0.25, -0.2) is 13.9 Å². The highest BCUT2D eigenvalue weighted by Crippen LogP contribution is 2.39. The van der Waals surface area contributed by atoms with Crippen LogP contribution in [-0.2, 0) is 18.0 Å². The van der Waals surface area contributed by atoms with Gasteiger partial charge >= 0.3 is 11.9 Å². The number of aryl methyl sites for hydroxylation is 1. The van der Waals surface area contributed by atoms with E-state index in [1.54, 1.807) is 18.7 Å². The standard InChI is InChI=1S/C26H32F4N6O2/c1-15-13-35(16(2)12-34(15)17(3)19-9-8-18(27)11-20(19)26(28,29)30)24-23-21(33(4)25(37)31-24)14-36(32-23)22-7-5-6-10-38-22/h8-9,11,14-17,22H,5-7,10,12-13H2,1-4H3/t15-,16+,17?,22?/m1/s1. The van der Waals surface area contributed by atoms with Crippen molar-refractivity contribution < 1.29 is 22.3 Å². The summed E-state index contributed by atoms with van der Waals surface area (Å²) in [5.74, 6) is -0.458. The molecule has 0 aliphatic carbocycles. The lowest BCUT2D eigenvalue weighted by Gasteiger charge is -2.47. The van der Waals surface area contributed by atoms with Gasteiger partial charge in [0.2, 0.25) is 0 Å². The maximum absolute atomic E-state index is 13.7. The van der Waals surface area contributed by atoms with E-state index in [2.05, 4.69) is 4.98 Å². The largest absolute Gasteiger partial charge is 0.416 e. The maximum atomic E-state index is 13.7. The monoisotopic (exact) mass is 536 g/mol. The van der Waals surface area contributed by atoms with E-state index in [0.717, 1.165) is 25.3 Å². The lowest BCUT2D eigenvalue weighted by molar-refractivity contribution is -0.139. The van der Waals surface area contributed by atoms with Crippen molar-refractivity contribution in [3.05, 3.63) is 51.8 Å². The molecule has 3 aromatic rings. The van der Waals surface area contributed by atoms with E-state index >= 15 is 0 Å². The third-order valence-corrected chi connectivity index (χ3v) is 7.80. The molecule has 0 spiro atoms. The van der Waals surface area contributed by atoms with Gasteiger partial charge in [0.25, 0.3) is 0 Å². The topological polar surface area (TPSA) is 68.4 Å². The number of piperazine rings is 1. The third-order valence-electron chi connectivity index (χ3n) is 7.80. The number of alkyl halides is 3. The van der Waals surface area contributed by atoms with Crippen LogP contribution in [0.25, 0.3) is 11.0 Å². The molecule has 0 N–H and O–H groups in total. The minimum Gasteiger partial charge on any atom is -0.357 e. The lowest BCUT2D eigenvalue weighted by Crippen LogP contribution is -2.57. The summed E-state index contributed by atoms with van der Waals surface area (Å²) in [5, 5.41) is 4.78. The van der Waals surface area contributed by atoms with E-state index < -0.39 is 29.3 Å². The quantitative estimate of drug-likeness (QED) is 0.453. The zero-order chi connectivity index (χ0) is 27.4. The van der Waals surface area contributed by atoms with Crippen LogP contribution in [-0.4, -0.2) is 56.0 Å². The summed E-state index contributed by atoms with van der Waals surface area (Å²) in [5.41, 5.74) is -0.108. The van der Waals surface area contributed by atoms with E-state index in [-0.39, 0.29) is 23.9 Å². The van der Waals surface area contributed by atoms with Gasteiger partial charge in [-0.15, -0.1) is 0 Å². The fourth-order valence-electron chi connectivity index (χ4n) is 5.69. The van der Waals surface area contributed by atoms with Crippen molar-refractivity contribution in [1.82, 2.24) is 24.2 Å². The number of rotatable bonds is 4. The summed E-state index contributed by atoms with van der Waals surface area (Å²) in [7, 11) is 1.65. The smallest absolute Gasteiger partial charge is 0.357 e. The number of hydrogen-bond acceptors (Lipinski definition) is 6. The molecule has 12 heteroatoms. The molecule has 0 bridgehead atoms. The molecule has 0 saturated carbocycles. The fraction of sp³-hybridized carbons (Fsp3) is 0.577. The second kappa shape index (κ2) is 9.96. The van der Waals surface area contributed by atoms with Crippen LogP contribution >= 0.6 is 0 Å². The van der Waals surface area contributed by atoms with Crippen molar-refractivity contribution in [1.29, 1.82) is 0 Å². The Bertz CT molecular complexity index is 1380. The van der Waals surface area contributed by atoms with E-state index in [9.17, 15) is 22.4 Å². The summed E-state index contributed by atoms with van der Waals surface area (Å²) in [6.45, 7) is 7.09. The van der Waals surface area contributed by atoms with E-state index in [0.29, 0.717) is 42.6 Å². The van der Waals surface area contributed by atoms with E-state index in [4.69, 9.17) is 9.84 Å². The molecule has 38 heavy (non-hydrogen) atoms. The van der Waals surface area contributed by atoms with Gasteiger partial charge in [-0.1, -0.05) is 6.07 Å². The van der Waals surface area contributed by atoms with Gasteiger partial charge in [0.05, 0.1) is 17.3 Å². The SMILES string of the molecule is CC(c1ccc(F)cc1C(F)(F)F)N1C[C@H](C)N(c2nc(=O)n(C)c3cn(C4CCCCO4)nc23)C[C@H]1C. The van der Waals surface area contributed by atoms with Crippen LogP contribution in [0.4, 0.5) is 23.4 Å². The molecule has 2 saturated heterocycles. The molecule has 0 amide bonds. The normalized spacial score (nSPS) is 24.2. The van der Waals surface area contributed by atoms with Gasteiger partial charge in [0.1, 0.15) is 12.0 Å². The summed E-state index contributed by atoms with van der Waals surface area (Å²) in [6.07, 6.45) is -0.183. The van der Waals surface area contributed by atoms with Crippen molar-refractivity contribution >= 4 is 16.9 Å². The third kappa shape index (κ3) is 4.79. The summed E-state index contributed by atoms with van der Waals surface area (Å²) < 4.78 is 64.0. The van der Waals surface area contributed by atoms with Gasteiger partial charge in [-0.3, -0.25) is 9.47 Å². The van der Waals surface area contributed by atoms with Crippen LogP contribution in [0.15, 0.2) is 29.2 Å². The average Bonchev–Trinajstić information content (AvgIpc) is 3.33. The number of aromatic nitrogens is 4. The Morgan fingerprint density at radius 1 is 1.13 bits per heavy atom. The zero-order valence-electron chi connectivity index (χ0n) is 21.9. The Morgan fingerprint density at radius 2 is 1.89 bits per heavy atom. The Hall–Kier alpha value is -2.99. The summed E-state index contributed by atoms with van der Waals surface area (Å²) in [6, 6.07) is 1.88. The molecule has 2 aromatic heterocycles. The van der Waals surface area contributed by atoms with E-state index in [1.807, 2.05) is 29.8 Å². The summed E-state index contributed by atoms with van der Waals surface area (Å²) in [4.78, 5) is 21.1. The number of ether oxygens (including phenoxy) is 1. The molecular weight excluding hydrogens is 504 g/mol. The highest BCUT2D eigenvalue weighted by Gasteiger charge is 2.39. The van der Waals surface area contributed by atoms with Crippen LogP contribution < -0.4 is 10.6 Å². The van der Waals surface area contributed by atoms with Gasteiger partial charge in [0.15, 0.2) is 11.3 Å². The first-order valence-electron chi connectivity index (χ1n) is 12.9. The predicted octanol–water partition coefficient (Wildman–Crippen LogP) is 4.65. The molecule has 2 aliphatic rings. The molecule has 2 unspecified atom stereocenters. The molecule has 8 nitrogen and oxygen atoms in total. The van der Waals surface area contributed by atoms with Crippen LogP contribution in [0.1, 0.15) is 63.4 Å². The zero-order valence-corrected chi connectivity index (χ0v) is 21.9. The number of benzene rings is 1. The molecule has 4 heterocycles. The van der Waals surface area contributed by atoms with Gasteiger partial charge in [-0.05, 0) is 57.7 Å². The summed E-state index contributed by atoms with van der Waals surface area (Å²) >= 11 is 0. The van der Waals surface area contributed by atoms with Gasteiger partial charge in [-0.2, -0.15) is 23.3 Å². The number of fused-ring (bicyclic) bond motifs is 1. The molecule has 5 rings (SSSR count). The maximum Gasteiger partial charge on any atom is 0.416 e. The molecular formula is C26H32F4N6O2. The Balaban J connectivity index is 1.46. The second-order valence-corrected chi connectivity index (χ2v) is 10.4. The molecule has 4 atom stereocenters. The van der Waals surface area contributed by atoms with Crippen molar-refractivity contribution in [2.24, 2.45) is 7.05 Å². The molecule has 1 aromatic carbocycles. The minimum absolute atomic E-state index is 0.0340. The first-order chi connectivity index (χ1) is 18.0. The number of hydrogen-bond donors (Lipinski definition) is 0. The average molecular weight is 537 g/mol. The van der Waals surface area contributed by atoms with Gasteiger partial charge < -0.3 is 9.64 Å². The van der Waals surface area contributed by atoms with Gasteiger partial charge in [0, 0.05) is 44.9 Å². The van der Waals surface area contributed by atoms with Crippen molar-refractivity contribution in [2.75, 3.05) is 24.6 Å².